The van der Waals surface area contributed by atoms with Gasteiger partial charge < -0.3 is 10.1 Å². The van der Waals surface area contributed by atoms with Gasteiger partial charge in [0.1, 0.15) is 5.75 Å². The van der Waals surface area contributed by atoms with Crippen LogP contribution in [0.25, 0.3) is 0 Å². The quantitative estimate of drug-likeness (QED) is 0.849. The summed E-state index contributed by atoms with van der Waals surface area (Å²) in [7, 11) is 0. The lowest BCUT2D eigenvalue weighted by atomic mass is 10.0. The first-order valence-corrected chi connectivity index (χ1v) is 8.07. The molecule has 0 saturated carbocycles. The number of nitriles is 1. The Morgan fingerprint density at radius 2 is 1.96 bits per heavy atom. The number of carbonyl (C=O) groups excluding carboxylic acids is 1. The lowest BCUT2D eigenvalue weighted by Gasteiger charge is -2.09. The van der Waals surface area contributed by atoms with Crippen molar-refractivity contribution in [3.05, 3.63) is 65.2 Å². The number of nitrogens with zero attached hydrogens (tertiary/aromatic N) is 1. The van der Waals surface area contributed by atoms with E-state index in [4.69, 9.17) is 10.00 Å². The molecule has 2 aromatic rings. The van der Waals surface area contributed by atoms with Gasteiger partial charge in [0.2, 0.25) is 0 Å². The fraction of sp³-hybridized carbons (Fsp3) is 0.300. The standard InChI is InChI=1S/C20H22N2O2/c1-15(2)18-8-6-16(7-9-18)10-11-22-20(23)14-24-19-5-3-4-17(12-19)13-21/h3-9,12,15H,10-11,14H2,1-2H3,(H,22,23). The molecule has 0 aliphatic carbocycles. The van der Waals surface area contributed by atoms with Crippen molar-refractivity contribution >= 4 is 5.91 Å². The Balaban J connectivity index is 1.72. The van der Waals surface area contributed by atoms with E-state index < -0.39 is 0 Å². The van der Waals surface area contributed by atoms with Crippen LogP contribution in [-0.4, -0.2) is 19.1 Å². The third kappa shape index (κ3) is 5.44. The molecule has 0 heterocycles. The van der Waals surface area contributed by atoms with Gasteiger partial charge >= 0.3 is 0 Å². The van der Waals surface area contributed by atoms with Crippen LogP contribution in [0.5, 0.6) is 5.75 Å². The van der Waals surface area contributed by atoms with Crippen molar-refractivity contribution in [2.45, 2.75) is 26.2 Å². The second kappa shape index (κ2) is 8.73. The number of hydrogen-bond acceptors (Lipinski definition) is 3. The van der Waals surface area contributed by atoms with E-state index >= 15 is 0 Å². The average Bonchev–Trinajstić information content (AvgIpc) is 2.60. The molecule has 0 aromatic heterocycles. The number of rotatable bonds is 7. The molecule has 0 spiro atoms. The first-order valence-electron chi connectivity index (χ1n) is 8.07. The van der Waals surface area contributed by atoms with Gasteiger partial charge in [-0.05, 0) is 41.7 Å². The smallest absolute Gasteiger partial charge is 0.257 e. The van der Waals surface area contributed by atoms with Crippen LogP contribution in [0.4, 0.5) is 0 Å². The molecule has 2 rings (SSSR count). The Bertz CT molecular complexity index is 715. The predicted octanol–water partition coefficient (Wildman–Crippen LogP) is 3.42. The summed E-state index contributed by atoms with van der Waals surface area (Å²) in [4.78, 5) is 11.8. The minimum Gasteiger partial charge on any atom is -0.484 e. The van der Waals surface area contributed by atoms with Gasteiger partial charge in [-0.25, -0.2) is 0 Å². The van der Waals surface area contributed by atoms with E-state index in [1.165, 1.54) is 11.1 Å². The van der Waals surface area contributed by atoms with Gasteiger partial charge in [0.15, 0.2) is 6.61 Å². The van der Waals surface area contributed by atoms with Crippen LogP contribution in [-0.2, 0) is 11.2 Å². The molecule has 24 heavy (non-hydrogen) atoms. The first-order chi connectivity index (χ1) is 11.6. The molecule has 0 bridgehead atoms. The molecular formula is C20H22N2O2. The highest BCUT2D eigenvalue weighted by Crippen LogP contribution is 2.15. The summed E-state index contributed by atoms with van der Waals surface area (Å²) < 4.78 is 5.39. The molecule has 0 radical (unpaired) electrons. The molecule has 0 aliphatic rings. The molecule has 2 aromatic carbocycles. The maximum absolute atomic E-state index is 11.8. The van der Waals surface area contributed by atoms with Crippen LogP contribution in [0.1, 0.15) is 36.5 Å². The average molecular weight is 322 g/mol. The Labute approximate surface area is 143 Å². The molecule has 0 unspecified atom stereocenters. The van der Waals surface area contributed by atoms with Gasteiger partial charge in [-0.15, -0.1) is 0 Å². The van der Waals surface area contributed by atoms with E-state index in [0.717, 1.165) is 6.42 Å². The molecule has 1 amide bonds. The van der Waals surface area contributed by atoms with E-state index in [-0.39, 0.29) is 12.5 Å². The minimum atomic E-state index is -0.170. The van der Waals surface area contributed by atoms with E-state index in [0.29, 0.717) is 23.8 Å². The van der Waals surface area contributed by atoms with E-state index in [9.17, 15) is 4.79 Å². The Morgan fingerprint density at radius 1 is 1.21 bits per heavy atom. The lowest BCUT2D eigenvalue weighted by molar-refractivity contribution is -0.123. The molecular weight excluding hydrogens is 300 g/mol. The number of nitrogens with one attached hydrogen (secondary N) is 1. The minimum absolute atomic E-state index is 0.0544. The van der Waals surface area contributed by atoms with Crippen LogP contribution < -0.4 is 10.1 Å². The van der Waals surface area contributed by atoms with Crippen molar-refractivity contribution in [2.75, 3.05) is 13.2 Å². The molecule has 1 N–H and O–H groups in total. The highest BCUT2D eigenvalue weighted by atomic mass is 16.5. The largest absolute Gasteiger partial charge is 0.484 e. The van der Waals surface area contributed by atoms with Crippen molar-refractivity contribution in [3.8, 4) is 11.8 Å². The molecule has 0 aliphatic heterocycles. The lowest BCUT2D eigenvalue weighted by Crippen LogP contribution is -2.30. The molecule has 0 fully saturated rings. The van der Waals surface area contributed by atoms with E-state index in [1.54, 1.807) is 24.3 Å². The van der Waals surface area contributed by atoms with Crippen molar-refractivity contribution in [1.29, 1.82) is 5.26 Å². The zero-order chi connectivity index (χ0) is 17.4. The fourth-order valence-corrected chi connectivity index (χ4v) is 2.27. The summed E-state index contributed by atoms with van der Waals surface area (Å²) in [6.45, 7) is 4.85. The fourth-order valence-electron chi connectivity index (χ4n) is 2.27. The highest BCUT2D eigenvalue weighted by Gasteiger charge is 2.04. The summed E-state index contributed by atoms with van der Waals surface area (Å²) in [5.74, 6) is 0.875. The summed E-state index contributed by atoms with van der Waals surface area (Å²) in [5.41, 5.74) is 3.02. The zero-order valence-corrected chi connectivity index (χ0v) is 14.1. The van der Waals surface area contributed by atoms with Crippen molar-refractivity contribution < 1.29 is 9.53 Å². The second-order valence-electron chi connectivity index (χ2n) is 5.92. The first kappa shape index (κ1) is 17.6. The maximum atomic E-state index is 11.8. The summed E-state index contributed by atoms with van der Waals surface area (Å²) in [6, 6.07) is 17.3. The molecule has 0 atom stereocenters. The number of carbonyl (C=O) groups is 1. The molecule has 0 saturated heterocycles. The number of benzene rings is 2. The van der Waals surface area contributed by atoms with Crippen molar-refractivity contribution in [2.24, 2.45) is 0 Å². The van der Waals surface area contributed by atoms with Gasteiger partial charge in [-0.3, -0.25) is 4.79 Å². The third-order valence-electron chi connectivity index (χ3n) is 3.72. The van der Waals surface area contributed by atoms with Crippen LogP contribution in [0.2, 0.25) is 0 Å². The predicted molar refractivity (Wildman–Crippen MR) is 93.9 cm³/mol. The van der Waals surface area contributed by atoms with Gasteiger partial charge in [0.05, 0.1) is 11.6 Å². The van der Waals surface area contributed by atoms with Crippen LogP contribution in [0, 0.1) is 11.3 Å². The molecule has 4 nitrogen and oxygen atoms in total. The summed E-state index contributed by atoms with van der Waals surface area (Å²) in [6.07, 6.45) is 0.786. The summed E-state index contributed by atoms with van der Waals surface area (Å²) in [5, 5.41) is 11.7. The number of hydrogen-bond donors (Lipinski definition) is 1. The van der Waals surface area contributed by atoms with Gasteiger partial charge in [-0.1, -0.05) is 44.2 Å². The van der Waals surface area contributed by atoms with Crippen LogP contribution in [0.3, 0.4) is 0 Å². The molecule has 4 heteroatoms. The second-order valence-corrected chi connectivity index (χ2v) is 5.92. The topological polar surface area (TPSA) is 62.1 Å². The van der Waals surface area contributed by atoms with Crippen LogP contribution in [0.15, 0.2) is 48.5 Å². The summed E-state index contributed by atoms with van der Waals surface area (Å²) >= 11 is 0. The van der Waals surface area contributed by atoms with E-state index in [2.05, 4.69) is 43.4 Å². The Hall–Kier alpha value is -2.80. The highest BCUT2D eigenvalue weighted by molar-refractivity contribution is 5.77. The normalized spacial score (nSPS) is 10.2. The van der Waals surface area contributed by atoms with Gasteiger partial charge in [-0.2, -0.15) is 5.26 Å². The Kier molecular flexibility index (Phi) is 6.39. The zero-order valence-electron chi connectivity index (χ0n) is 14.1. The van der Waals surface area contributed by atoms with Gasteiger partial charge in [0.25, 0.3) is 5.91 Å². The Morgan fingerprint density at radius 3 is 2.62 bits per heavy atom. The third-order valence-corrected chi connectivity index (χ3v) is 3.72. The monoisotopic (exact) mass is 322 g/mol. The van der Waals surface area contributed by atoms with E-state index in [1.807, 2.05) is 6.07 Å². The molecule has 124 valence electrons. The maximum Gasteiger partial charge on any atom is 0.257 e. The van der Waals surface area contributed by atoms with Crippen molar-refractivity contribution in [1.82, 2.24) is 5.32 Å². The number of ether oxygens (including phenoxy) is 1. The van der Waals surface area contributed by atoms with Crippen LogP contribution >= 0.6 is 0 Å². The number of amides is 1. The SMILES string of the molecule is CC(C)c1ccc(CCNC(=O)COc2cccc(C#N)c2)cc1. The van der Waals surface area contributed by atoms with Gasteiger partial charge in [0, 0.05) is 6.54 Å². The van der Waals surface area contributed by atoms with Crippen molar-refractivity contribution in [3.63, 3.8) is 0 Å².